The molecule has 0 fully saturated rings. The zero-order chi connectivity index (χ0) is 12.4. The summed E-state index contributed by atoms with van der Waals surface area (Å²) >= 11 is 4.59. The van der Waals surface area contributed by atoms with E-state index < -0.39 is 0 Å². The molecule has 1 aromatic heterocycles. The van der Waals surface area contributed by atoms with Gasteiger partial charge in [-0.25, -0.2) is 9.97 Å². The summed E-state index contributed by atoms with van der Waals surface area (Å²) < 4.78 is 1.70. The summed E-state index contributed by atoms with van der Waals surface area (Å²) in [6.07, 6.45) is 0. The van der Waals surface area contributed by atoms with Crippen molar-refractivity contribution in [3.8, 4) is 6.07 Å². The van der Waals surface area contributed by atoms with Crippen molar-refractivity contribution >= 4 is 56.2 Å². The maximum atomic E-state index is 9.00. The van der Waals surface area contributed by atoms with Crippen molar-refractivity contribution in [2.24, 2.45) is 0 Å². The molecule has 2 rings (SSSR count). The molecule has 0 bridgehead atoms. The van der Waals surface area contributed by atoms with Crippen LogP contribution < -0.4 is 0 Å². The minimum atomic E-state index is 0.674. The van der Waals surface area contributed by atoms with E-state index in [9.17, 15) is 0 Å². The second kappa shape index (κ2) is 5.44. The van der Waals surface area contributed by atoms with Gasteiger partial charge in [-0.3, -0.25) is 0 Å². The third kappa shape index (κ3) is 2.52. The van der Waals surface area contributed by atoms with Crippen LogP contribution in [0.15, 0.2) is 12.1 Å². The fourth-order valence-electron chi connectivity index (χ4n) is 1.61. The highest BCUT2D eigenvalue weighted by Crippen LogP contribution is 2.20. The van der Waals surface area contributed by atoms with E-state index >= 15 is 0 Å². The second-order valence-electron chi connectivity index (χ2n) is 3.65. The summed E-state index contributed by atoms with van der Waals surface area (Å²) in [7, 11) is 0. The average Bonchev–Trinajstić information content (AvgIpc) is 2.36. The van der Waals surface area contributed by atoms with Crippen molar-refractivity contribution in [3.05, 3.63) is 34.6 Å². The predicted octanol–water partition coefficient (Wildman–Crippen LogP) is 3.68. The van der Waals surface area contributed by atoms with Crippen LogP contribution in [-0.2, 0) is 8.86 Å². The summed E-state index contributed by atoms with van der Waals surface area (Å²) in [6.45, 7) is 1.93. The van der Waals surface area contributed by atoms with Gasteiger partial charge in [0.05, 0.1) is 34.1 Å². The normalized spacial score (nSPS) is 10.5. The minimum Gasteiger partial charge on any atom is -0.248 e. The first-order chi connectivity index (χ1) is 8.19. The lowest BCUT2D eigenvalue weighted by atomic mass is 10.1. The molecule has 0 aliphatic carbocycles. The van der Waals surface area contributed by atoms with Crippen LogP contribution in [0.3, 0.4) is 0 Å². The molecule has 0 N–H and O–H groups in total. The molecular formula is C12H9I2N3. The highest BCUT2D eigenvalue weighted by molar-refractivity contribution is 14.1. The molecule has 1 heterocycles. The van der Waals surface area contributed by atoms with Gasteiger partial charge in [0.25, 0.3) is 0 Å². The predicted molar refractivity (Wildman–Crippen MR) is 84.4 cm³/mol. The number of nitriles is 1. The van der Waals surface area contributed by atoms with Crippen LogP contribution in [0.4, 0.5) is 0 Å². The number of aromatic nitrogens is 2. The molecule has 3 nitrogen and oxygen atoms in total. The number of halogens is 2. The molecule has 17 heavy (non-hydrogen) atoms. The van der Waals surface area contributed by atoms with Crippen molar-refractivity contribution in [2.45, 2.75) is 15.8 Å². The highest BCUT2D eigenvalue weighted by Gasteiger charge is 2.09. The van der Waals surface area contributed by atoms with Crippen molar-refractivity contribution in [2.75, 3.05) is 0 Å². The fourth-order valence-corrected chi connectivity index (χ4v) is 2.84. The van der Waals surface area contributed by atoms with E-state index in [1.165, 1.54) is 0 Å². The van der Waals surface area contributed by atoms with Crippen LogP contribution in [0.1, 0.15) is 22.5 Å². The molecule has 0 amide bonds. The molecule has 86 valence electrons. The van der Waals surface area contributed by atoms with Gasteiger partial charge in [0.1, 0.15) is 0 Å². The van der Waals surface area contributed by atoms with E-state index in [0.29, 0.717) is 5.56 Å². The van der Waals surface area contributed by atoms with Gasteiger partial charge in [0, 0.05) is 8.86 Å². The van der Waals surface area contributed by atoms with Gasteiger partial charge >= 0.3 is 0 Å². The van der Waals surface area contributed by atoms with E-state index in [2.05, 4.69) is 61.2 Å². The second-order valence-corrected chi connectivity index (χ2v) is 5.18. The summed E-state index contributed by atoms with van der Waals surface area (Å²) in [5.74, 6) is 0. The first-order valence-corrected chi connectivity index (χ1v) is 8.07. The van der Waals surface area contributed by atoms with Gasteiger partial charge in [-0.1, -0.05) is 45.2 Å². The highest BCUT2D eigenvalue weighted by atomic mass is 127. The van der Waals surface area contributed by atoms with Crippen molar-refractivity contribution in [3.63, 3.8) is 0 Å². The standard InChI is InChI=1S/C12H9I2N3/c1-7-2-9-10(3-8(7)6-15)17-12(5-14)11(4-13)16-9/h2-3H,4-5H2,1H3. The van der Waals surface area contributed by atoms with Crippen LogP contribution in [0.25, 0.3) is 11.0 Å². The molecule has 0 aliphatic rings. The molecule has 0 atom stereocenters. The molecule has 1 aromatic carbocycles. The first-order valence-electron chi connectivity index (χ1n) is 5.01. The average molecular weight is 449 g/mol. The molecule has 0 saturated carbocycles. The van der Waals surface area contributed by atoms with E-state index in [1.54, 1.807) is 0 Å². The molecule has 5 heteroatoms. The zero-order valence-electron chi connectivity index (χ0n) is 9.17. The molecule has 2 aromatic rings. The van der Waals surface area contributed by atoms with Crippen molar-refractivity contribution < 1.29 is 0 Å². The molecule has 0 unspecified atom stereocenters. The smallest absolute Gasteiger partial charge is 0.0995 e. The quantitative estimate of drug-likeness (QED) is 0.520. The Hall–Kier alpha value is -0.490. The van der Waals surface area contributed by atoms with Gasteiger partial charge < -0.3 is 0 Å². The Morgan fingerprint density at radius 3 is 2.12 bits per heavy atom. The monoisotopic (exact) mass is 449 g/mol. The number of benzene rings is 1. The first kappa shape index (κ1) is 13.0. The lowest BCUT2D eigenvalue weighted by Gasteiger charge is -2.06. The van der Waals surface area contributed by atoms with E-state index in [4.69, 9.17) is 5.26 Å². The van der Waals surface area contributed by atoms with Crippen LogP contribution in [-0.4, -0.2) is 9.97 Å². The number of alkyl halides is 2. The van der Waals surface area contributed by atoms with Gasteiger partial charge in [0.15, 0.2) is 0 Å². The Kier molecular flexibility index (Phi) is 4.14. The summed E-state index contributed by atoms with van der Waals surface area (Å²) in [4.78, 5) is 9.20. The molecule has 0 radical (unpaired) electrons. The number of rotatable bonds is 2. The minimum absolute atomic E-state index is 0.674. The topological polar surface area (TPSA) is 49.6 Å². The van der Waals surface area contributed by atoms with E-state index in [-0.39, 0.29) is 0 Å². The summed E-state index contributed by atoms with van der Waals surface area (Å²) in [5, 5.41) is 9.00. The van der Waals surface area contributed by atoms with Crippen LogP contribution in [0.2, 0.25) is 0 Å². The van der Waals surface area contributed by atoms with Crippen LogP contribution in [0.5, 0.6) is 0 Å². The number of hydrogen-bond acceptors (Lipinski definition) is 3. The Labute approximate surface area is 127 Å². The number of fused-ring (bicyclic) bond motifs is 1. The summed E-state index contributed by atoms with van der Waals surface area (Å²) in [6, 6.07) is 5.94. The number of aryl methyl sites for hydroxylation is 1. The third-order valence-electron chi connectivity index (χ3n) is 2.54. The Bertz CT molecular complexity index is 617. The van der Waals surface area contributed by atoms with Crippen LogP contribution >= 0.6 is 45.2 Å². The van der Waals surface area contributed by atoms with Gasteiger partial charge in [-0.15, -0.1) is 0 Å². The largest absolute Gasteiger partial charge is 0.248 e. The van der Waals surface area contributed by atoms with E-state index in [0.717, 1.165) is 36.8 Å². The van der Waals surface area contributed by atoms with E-state index in [1.807, 2.05) is 19.1 Å². The maximum absolute atomic E-state index is 9.00. The molecular weight excluding hydrogens is 440 g/mol. The van der Waals surface area contributed by atoms with Crippen molar-refractivity contribution in [1.82, 2.24) is 9.97 Å². The summed E-state index contributed by atoms with van der Waals surface area (Å²) in [5.41, 5.74) is 5.37. The molecule has 0 saturated heterocycles. The van der Waals surface area contributed by atoms with Gasteiger partial charge in [-0.05, 0) is 24.6 Å². The fraction of sp³-hybridized carbons (Fsp3) is 0.250. The molecule has 0 spiro atoms. The SMILES string of the molecule is Cc1cc2nc(CI)c(CI)nc2cc1C#N. The lowest BCUT2D eigenvalue weighted by Crippen LogP contribution is -1.99. The lowest BCUT2D eigenvalue weighted by molar-refractivity contribution is 1.09. The van der Waals surface area contributed by atoms with Crippen molar-refractivity contribution in [1.29, 1.82) is 5.26 Å². The zero-order valence-corrected chi connectivity index (χ0v) is 13.5. The Morgan fingerprint density at radius 1 is 1.12 bits per heavy atom. The molecule has 0 aliphatic heterocycles. The third-order valence-corrected chi connectivity index (χ3v) is 3.98. The Balaban J connectivity index is 2.75. The number of hydrogen-bond donors (Lipinski definition) is 0. The maximum Gasteiger partial charge on any atom is 0.0995 e. The van der Waals surface area contributed by atoms with Gasteiger partial charge in [0.2, 0.25) is 0 Å². The van der Waals surface area contributed by atoms with Gasteiger partial charge in [-0.2, -0.15) is 5.26 Å². The van der Waals surface area contributed by atoms with Crippen LogP contribution in [0, 0.1) is 18.3 Å². The Morgan fingerprint density at radius 2 is 1.65 bits per heavy atom. The number of nitrogens with zero attached hydrogens (tertiary/aromatic N) is 3.